The molecule has 1 aliphatic heterocycles. The lowest BCUT2D eigenvalue weighted by Gasteiger charge is -2.49. The first-order valence-corrected chi connectivity index (χ1v) is 5.69. The Kier molecular flexibility index (Phi) is 3.19. The van der Waals surface area contributed by atoms with Gasteiger partial charge >= 0.3 is 0 Å². The van der Waals surface area contributed by atoms with Crippen LogP contribution < -0.4 is 5.32 Å². The molecule has 1 saturated carbocycles. The minimum atomic E-state index is -0.498. The van der Waals surface area contributed by atoms with Gasteiger partial charge in [0.1, 0.15) is 0 Å². The van der Waals surface area contributed by atoms with Crippen molar-refractivity contribution in [3.8, 4) is 0 Å². The Morgan fingerprint density at radius 3 is 2.69 bits per heavy atom. The van der Waals surface area contributed by atoms with Crippen molar-refractivity contribution in [2.45, 2.75) is 38.5 Å². The predicted octanol–water partition coefficient (Wildman–Crippen LogP) is -0.323. The molecule has 16 heavy (non-hydrogen) atoms. The van der Waals surface area contributed by atoms with E-state index < -0.39 is 6.10 Å². The number of amides is 1. The summed E-state index contributed by atoms with van der Waals surface area (Å²) in [5.74, 6) is -0.135. The van der Waals surface area contributed by atoms with Gasteiger partial charge in [-0.05, 0) is 6.42 Å². The van der Waals surface area contributed by atoms with Crippen molar-refractivity contribution in [3.05, 3.63) is 0 Å². The van der Waals surface area contributed by atoms with Gasteiger partial charge in [0.15, 0.2) is 6.10 Å². The molecule has 92 valence electrons. The van der Waals surface area contributed by atoms with Crippen LogP contribution in [0.3, 0.4) is 0 Å². The molecule has 1 saturated heterocycles. The van der Waals surface area contributed by atoms with Crippen molar-refractivity contribution in [3.63, 3.8) is 0 Å². The summed E-state index contributed by atoms with van der Waals surface area (Å²) in [6.07, 6.45) is -0.213. The Labute approximate surface area is 95.1 Å². The molecule has 0 spiro atoms. The molecule has 5 heteroatoms. The van der Waals surface area contributed by atoms with Crippen LogP contribution in [0, 0.1) is 5.41 Å². The largest absolute Gasteiger partial charge is 0.392 e. The predicted molar refractivity (Wildman–Crippen MR) is 56.9 cm³/mol. The van der Waals surface area contributed by atoms with Gasteiger partial charge in [-0.1, -0.05) is 13.8 Å². The number of aliphatic hydroxyl groups is 1. The average molecular weight is 229 g/mol. The van der Waals surface area contributed by atoms with Crippen LogP contribution in [0.4, 0.5) is 0 Å². The molecule has 0 aromatic rings. The van der Waals surface area contributed by atoms with E-state index in [0.717, 1.165) is 0 Å². The summed E-state index contributed by atoms with van der Waals surface area (Å²) < 4.78 is 10.5. The maximum atomic E-state index is 11.8. The van der Waals surface area contributed by atoms with E-state index in [0.29, 0.717) is 26.2 Å². The van der Waals surface area contributed by atoms with Crippen molar-refractivity contribution >= 4 is 5.91 Å². The van der Waals surface area contributed by atoms with Crippen molar-refractivity contribution in [2.75, 3.05) is 19.8 Å². The van der Waals surface area contributed by atoms with Crippen LogP contribution >= 0.6 is 0 Å². The molecule has 1 heterocycles. The number of hydrogen-bond donors (Lipinski definition) is 2. The van der Waals surface area contributed by atoms with Gasteiger partial charge < -0.3 is 19.9 Å². The zero-order valence-corrected chi connectivity index (χ0v) is 9.73. The summed E-state index contributed by atoms with van der Waals surface area (Å²) in [6.45, 7) is 5.24. The van der Waals surface area contributed by atoms with E-state index >= 15 is 0 Å². The van der Waals surface area contributed by atoms with Gasteiger partial charge in [0.25, 0.3) is 5.91 Å². The fourth-order valence-corrected chi connectivity index (χ4v) is 2.05. The summed E-state index contributed by atoms with van der Waals surface area (Å²) in [5, 5.41) is 12.5. The van der Waals surface area contributed by atoms with E-state index in [1.807, 2.05) is 13.8 Å². The maximum Gasteiger partial charge on any atom is 0.251 e. The van der Waals surface area contributed by atoms with Crippen molar-refractivity contribution in [2.24, 2.45) is 5.41 Å². The number of nitrogens with one attached hydrogen (secondary N) is 1. The average Bonchev–Trinajstić information content (AvgIpc) is 2.29. The first-order valence-electron chi connectivity index (χ1n) is 5.69. The highest BCUT2D eigenvalue weighted by Crippen LogP contribution is 2.40. The zero-order chi connectivity index (χ0) is 11.8. The molecule has 1 aliphatic carbocycles. The Morgan fingerprint density at radius 1 is 1.44 bits per heavy atom. The van der Waals surface area contributed by atoms with Crippen LogP contribution in [-0.4, -0.2) is 49.1 Å². The van der Waals surface area contributed by atoms with Crippen LogP contribution in [0.5, 0.6) is 0 Å². The minimum absolute atomic E-state index is 0.0283. The lowest BCUT2D eigenvalue weighted by Crippen LogP contribution is -2.63. The molecule has 2 N–H and O–H groups in total. The third-order valence-corrected chi connectivity index (χ3v) is 3.64. The Bertz CT molecular complexity index is 273. The summed E-state index contributed by atoms with van der Waals surface area (Å²) in [5.41, 5.74) is -0.245. The number of hydrogen-bond acceptors (Lipinski definition) is 4. The molecule has 0 aromatic carbocycles. The highest BCUT2D eigenvalue weighted by molar-refractivity contribution is 5.81. The lowest BCUT2D eigenvalue weighted by molar-refractivity contribution is -0.153. The standard InChI is InChI=1S/C11H19NO4/c1-11(2)8(5-9(11)13)12-10(14)7-6-15-3-4-16-7/h7-9,13H,3-6H2,1-2H3,(H,12,14). The van der Waals surface area contributed by atoms with E-state index in [9.17, 15) is 9.90 Å². The molecule has 2 fully saturated rings. The Balaban J connectivity index is 1.83. The number of carbonyl (C=O) groups is 1. The molecule has 0 radical (unpaired) electrons. The number of aliphatic hydroxyl groups excluding tert-OH is 1. The third kappa shape index (κ3) is 2.07. The zero-order valence-electron chi connectivity index (χ0n) is 9.73. The molecular weight excluding hydrogens is 210 g/mol. The third-order valence-electron chi connectivity index (χ3n) is 3.64. The van der Waals surface area contributed by atoms with E-state index in [4.69, 9.17) is 9.47 Å². The summed E-state index contributed by atoms with van der Waals surface area (Å²) in [4.78, 5) is 11.8. The van der Waals surface area contributed by atoms with Gasteiger partial charge in [-0.25, -0.2) is 0 Å². The first-order chi connectivity index (χ1) is 7.51. The summed E-state index contributed by atoms with van der Waals surface area (Å²) in [6, 6.07) is 0.0283. The monoisotopic (exact) mass is 229 g/mol. The van der Waals surface area contributed by atoms with Gasteiger partial charge in [-0.2, -0.15) is 0 Å². The molecule has 1 amide bonds. The van der Waals surface area contributed by atoms with Crippen molar-refractivity contribution in [1.82, 2.24) is 5.32 Å². The molecule has 3 atom stereocenters. The van der Waals surface area contributed by atoms with E-state index in [1.165, 1.54) is 0 Å². The minimum Gasteiger partial charge on any atom is -0.392 e. The fourth-order valence-electron chi connectivity index (χ4n) is 2.05. The van der Waals surface area contributed by atoms with Gasteiger partial charge in [-0.3, -0.25) is 4.79 Å². The smallest absolute Gasteiger partial charge is 0.251 e. The van der Waals surface area contributed by atoms with Crippen LogP contribution in [0.2, 0.25) is 0 Å². The highest BCUT2D eigenvalue weighted by atomic mass is 16.6. The summed E-state index contributed by atoms with van der Waals surface area (Å²) in [7, 11) is 0. The molecule has 2 aliphatic rings. The topological polar surface area (TPSA) is 67.8 Å². The highest BCUT2D eigenvalue weighted by Gasteiger charge is 2.48. The molecule has 5 nitrogen and oxygen atoms in total. The lowest BCUT2D eigenvalue weighted by atomic mass is 9.64. The SMILES string of the molecule is CC1(C)C(O)CC1NC(=O)C1COCCO1. The van der Waals surface area contributed by atoms with E-state index in [1.54, 1.807) is 0 Å². The van der Waals surface area contributed by atoms with Crippen molar-refractivity contribution in [1.29, 1.82) is 0 Å². The van der Waals surface area contributed by atoms with E-state index in [2.05, 4.69) is 5.32 Å². The van der Waals surface area contributed by atoms with Gasteiger partial charge in [-0.15, -0.1) is 0 Å². The van der Waals surface area contributed by atoms with Gasteiger partial charge in [0, 0.05) is 11.5 Å². The van der Waals surface area contributed by atoms with Crippen LogP contribution in [-0.2, 0) is 14.3 Å². The normalized spacial score (nSPS) is 37.6. The number of ether oxygens (including phenoxy) is 2. The van der Waals surface area contributed by atoms with Gasteiger partial charge in [0.2, 0.25) is 0 Å². The molecule has 2 rings (SSSR count). The molecule has 0 aromatic heterocycles. The Hall–Kier alpha value is -0.650. The number of carbonyl (C=O) groups excluding carboxylic acids is 1. The summed E-state index contributed by atoms with van der Waals surface area (Å²) >= 11 is 0. The Morgan fingerprint density at radius 2 is 2.19 bits per heavy atom. The van der Waals surface area contributed by atoms with Gasteiger partial charge in [0.05, 0.1) is 25.9 Å². The quantitative estimate of drug-likeness (QED) is 0.681. The van der Waals surface area contributed by atoms with E-state index in [-0.39, 0.29) is 23.5 Å². The first kappa shape index (κ1) is 11.8. The molecular formula is C11H19NO4. The second-order valence-corrected chi connectivity index (χ2v) is 5.07. The fraction of sp³-hybridized carbons (Fsp3) is 0.909. The second kappa shape index (κ2) is 4.31. The molecule has 0 bridgehead atoms. The van der Waals surface area contributed by atoms with Crippen LogP contribution in [0.25, 0.3) is 0 Å². The maximum absolute atomic E-state index is 11.8. The second-order valence-electron chi connectivity index (χ2n) is 5.07. The number of rotatable bonds is 2. The van der Waals surface area contributed by atoms with Crippen LogP contribution in [0.15, 0.2) is 0 Å². The van der Waals surface area contributed by atoms with Crippen molar-refractivity contribution < 1.29 is 19.4 Å². The molecule has 3 unspecified atom stereocenters. The van der Waals surface area contributed by atoms with Crippen LogP contribution in [0.1, 0.15) is 20.3 Å².